The molecule has 0 saturated heterocycles. The van der Waals surface area contributed by atoms with Gasteiger partial charge in [-0.15, -0.1) is 0 Å². The molecule has 0 aliphatic carbocycles. The van der Waals surface area contributed by atoms with Crippen LogP contribution < -0.4 is 0 Å². The quantitative estimate of drug-likeness (QED) is 0.909. The van der Waals surface area contributed by atoms with Crippen LogP contribution in [0.4, 0.5) is 0 Å². The van der Waals surface area contributed by atoms with Crippen LogP contribution in [0.25, 0.3) is 0 Å². The first-order chi connectivity index (χ1) is 10.1. The molecule has 4 nitrogen and oxygen atoms in total. The highest BCUT2D eigenvalue weighted by Gasteiger charge is 2.33. The number of phenols is 1. The maximum absolute atomic E-state index is 11.7. The summed E-state index contributed by atoms with van der Waals surface area (Å²) in [6.07, 6.45) is 0.798. The Balaban J connectivity index is 1.94. The largest absolute Gasteiger partial charge is 0.508 e. The number of aromatic hydroxyl groups is 1. The molecule has 0 amide bonds. The fraction of sp³-hybridized carbons (Fsp3) is 0.235. The number of hydrogen-bond donors (Lipinski definition) is 2. The summed E-state index contributed by atoms with van der Waals surface area (Å²) in [6.45, 7) is 1.29. The predicted molar refractivity (Wildman–Crippen MR) is 79.0 cm³/mol. The topological polar surface area (TPSA) is 60.8 Å². The second kappa shape index (κ2) is 5.58. The third-order valence-corrected chi connectivity index (χ3v) is 3.92. The van der Waals surface area contributed by atoms with Crippen LogP contribution in [0.15, 0.2) is 48.5 Å². The van der Waals surface area contributed by atoms with Crippen molar-refractivity contribution in [3.63, 3.8) is 0 Å². The van der Waals surface area contributed by atoms with E-state index in [1.807, 2.05) is 41.3 Å². The first kappa shape index (κ1) is 13.6. The third-order valence-electron chi connectivity index (χ3n) is 3.92. The fourth-order valence-electron chi connectivity index (χ4n) is 2.93. The van der Waals surface area contributed by atoms with Gasteiger partial charge in [-0.25, -0.2) is 0 Å². The molecule has 108 valence electrons. The number of hydrogen-bond acceptors (Lipinski definition) is 3. The Bertz CT molecular complexity index is 654. The molecule has 0 fully saturated rings. The zero-order valence-electron chi connectivity index (χ0n) is 11.6. The highest BCUT2D eigenvalue weighted by molar-refractivity contribution is 5.77. The molecule has 2 N–H and O–H groups in total. The van der Waals surface area contributed by atoms with E-state index in [-0.39, 0.29) is 5.75 Å². The van der Waals surface area contributed by atoms with Crippen molar-refractivity contribution < 1.29 is 15.0 Å². The van der Waals surface area contributed by atoms with Crippen LogP contribution in [0, 0.1) is 0 Å². The summed E-state index contributed by atoms with van der Waals surface area (Å²) in [7, 11) is 0. The van der Waals surface area contributed by atoms with Crippen LogP contribution in [0.3, 0.4) is 0 Å². The highest BCUT2D eigenvalue weighted by Crippen LogP contribution is 2.33. The second-order valence-electron chi connectivity index (χ2n) is 5.33. The van der Waals surface area contributed by atoms with Gasteiger partial charge in [-0.1, -0.05) is 36.4 Å². The molecule has 0 aromatic heterocycles. The van der Waals surface area contributed by atoms with Crippen LogP contribution >= 0.6 is 0 Å². The third kappa shape index (κ3) is 2.76. The van der Waals surface area contributed by atoms with Crippen molar-refractivity contribution in [1.82, 2.24) is 4.90 Å². The van der Waals surface area contributed by atoms with E-state index in [0.29, 0.717) is 18.7 Å². The molecule has 2 aromatic carbocycles. The molecule has 0 spiro atoms. The average molecular weight is 283 g/mol. The maximum atomic E-state index is 11.7. The van der Waals surface area contributed by atoms with Crippen LogP contribution in [0.5, 0.6) is 5.75 Å². The Labute approximate surface area is 123 Å². The standard InChI is InChI=1S/C17H17NO3/c19-14-7-6-13-8-9-18(11-12-4-2-1-3-5-12)16(17(20)21)15(13)10-14/h1-7,10,16,19H,8-9,11H2,(H,20,21). The summed E-state index contributed by atoms with van der Waals surface area (Å²) >= 11 is 0. The van der Waals surface area contributed by atoms with Crippen LogP contribution in [-0.4, -0.2) is 27.6 Å². The molecule has 1 aliphatic rings. The Kier molecular flexibility index (Phi) is 3.62. The van der Waals surface area contributed by atoms with Gasteiger partial charge < -0.3 is 10.2 Å². The highest BCUT2D eigenvalue weighted by atomic mass is 16.4. The van der Waals surface area contributed by atoms with Gasteiger partial charge >= 0.3 is 5.97 Å². The molecule has 0 bridgehead atoms. The van der Waals surface area contributed by atoms with E-state index in [0.717, 1.165) is 17.5 Å². The van der Waals surface area contributed by atoms with Gasteiger partial charge in [0.1, 0.15) is 11.8 Å². The first-order valence-corrected chi connectivity index (χ1v) is 6.98. The Hall–Kier alpha value is -2.33. The van der Waals surface area contributed by atoms with Crippen LogP contribution in [0.2, 0.25) is 0 Å². The Morgan fingerprint density at radius 1 is 1.19 bits per heavy atom. The Morgan fingerprint density at radius 2 is 1.95 bits per heavy atom. The molecular weight excluding hydrogens is 266 g/mol. The van der Waals surface area contributed by atoms with Gasteiger partial charge in [0.15, 0.2) is 0 Å². The molecule has 4 heteroatoms. The van der Waals surface area contributed by atoms with Gasteiger partial charge in [0.25, 0.3) is 0 Å². The minimum Gasteiger partial charge on any atom is -0.508 e. The maximum Gasteiger partial charge on any atom is 0.325 e. The van der Waals surface area contributed by atoms with E-state index in [9.17, 15) is 15.0 Å². The van der Waals surface area contributed by atoms with Gasteiger partial charge in [-0.2, -0.15) is 0 Å². The van der Waals surface area contributed by atoms with Gasteiger partial charge in [0.05, 0.1) is 0 Å². The molecule has 21 heavy (non-hydrogen) atoms. The summed E-state index contributed by atoms with van der Waals surface area (Å²) in [6, 6.07) is 14.1. The lowest BCUT2D eigenvalue weighted by molar-refractivity contribution is -0.144. The van der Waals surface area contributed by atoms with Crippen molar-refractivity contribution in [3.05, 3.63) is 65.2 Å². The minimum atomic E-state index is -0.877. The summed E-state index contributed by atoms with van der Waals surface area (Å²) in [5, 5.41) is 19.3. The number of carboxylic acids is 1. The van der Waals surface area contributed by atoms with Crippen molar-refractivity contribution in [2.45, 2.75) is 19.0 Å². The first-order valence-electron chi connectivity index (χ1n) is 6.98. The predicted octanol–water partition coefficient (Wildman–Crippen LogP) is 2.58. The summed E-state index contributed by atoms with van der Waals surface area (Å²) in [5.74, 6) is -0.765. The number of carboxylic acid groups (broad SMARTS) is 1. The lowest BCUT2D eigenvalue weighted by Crippen LogP contribution is -2.39. The number of carbonyl (C=O) groups is 1. The number of phenolic OH excluding ortho intramolecular Hbond substituents is 1. The van der Waals surface area contributed by atoms with E-state index in [1.165, 1.54) is 0 Å². The fourth-order valence-corrected chi connectivity index (χ4v) is 2.93. The van der Waals surface area contributed by atoms with Crippen LogP contribution in [-0.2, 0) is 17.8 Å². The lowest BCUT2D eigenvalue weighted by Gasteiger charge is -2.34. The number of aliphatic carboxylic acids is 1. The average Bonchev–Trinajstić information content (AvgIpc) is 2.47. The van der Waals surface area contributed by atoms with Crippen molar-refractivity contribution in [2.24, 2.45) is 0 Å². The Morgan fingerprint density at radius 3 is 2.67 bits per heavy atom. The van der Waals surface area contributed by atoms with Gasteiger partial charge in [-0.3, -0.25) is 9.69 Å². The minimum absolute atomic E-state index is 0.113. The molecule has 0 saturated carbocycles. The number of nitrogens with zero attached hydrogens (tertiary/aromatic N) is 1. The monoisotopic (exact) mass is 283 g/mol. The normalized spacial score (nSPS) is 18.2. The molecule has 1 unspecified atom stereocenters. The van der Waals surface area contributed by atoms with E-state index in [1.54, 1.807) is 12.1 Å². The van der Waals surface area contributed by atoms with Gasteiger partial charge in [0, 0.05) is 13.1 Å². The smallest absolute Gasteiger partial charge is 0.325 e. The molecule has 1 aliphatic heterocycles. The van der Waals surface area contributed by atoms with E-state index in [2.05, 4.69) is 0 Å². The summed E-state index contributed by atoms with van der Waals surface area (Å²) < 4.78 is 0. The van der Waals surface area contributed by atoms with Crippen molar-refractivity contribution in [1.29, 1.82) is 0 Å². The van der Waals surface area contributed by atoms with Crippen LogP contribution in [0.1, 0.15) is 22.7 Å². The molecule has 2 aromatic rings. The van der Waals surface area contributed by atoms with E-state index < -0.39 is 12.0 Å². The molecule has 0 radical (unpaired) electrons. The molecular formula is C17H17NO3. The second-order valence-corrected chi connectivity index (χ2v) is 5.33. The van der Waals surface area contributed by atoms with Gasteiger partial charge in [0.2, 0.25) is 0 Å². The van der Waals surface area contributed by atoms with Crippen molar-refractivity contribution in [2.75, 3.05) is 6.54 Å². The molecule has 1 heterocycles. The molecule has 1 atom stereocenters. The van der Waals surface area contributed by atoms with Gasteiger partial charge in [-0.05, 0) is 35.2 Å². The summed E-state index contributed by atoms with van der Waals surface area (Å²) in [4.78, 5) is 13.6. The summed E-state index contributed by atoms with van der Waals surface area (Å²) in [5.41, 5.74) is 2.79. The molecule has 3 rings (SSSR count). The van der Waals surface area contributed by atoms with E-state index in [4.69, 9.17) is 0 Å². The van der Waals surface area contributed by atoms with Crippen molar-refractivity contribution in [3.8, 4) is 5.75 Å². The SMILES string of the molecule is O=C(O)C1c2cc(O)ccc2CCN1Cc1ccccc1. The number of benzene rings is 2. The number of rotatable bonds is 3. The zero-order valence-corrected chi connectivity index (χ0v) is 11.6. The lowest BCUT2D eigenvalue weighted by atomic mass is 9.92. The number of fused-ring (bicyclic) bond motifs is 1. The zero-order chi connectivity index (χ0) is 14.8. The van der Waals surface area contributed by atoms with E-state index >= 15 is 0 Å². The van der Waals surface area contributed by atoms with Crippen molar-refractivity contribution >= 4 is 5.97 Å².